The van der Waals surface area contributed by atoms with Gasteiger partial charge in [0.15, 0.2) is 5.96 Å². The lowest BCUT2D eigenvalue weighted by atomic mass is 10.1. The van der Waals surface area contributed by atoms with E-state index in [0.717, 1.165) is 12.5 Å². The maximum Gasteiger partial charge on any atom is 0.191 e. The topological polar surface area (TPSA) is 45.7 Å². The molecule has 19 heavy (non-hydrogen) atoms. The molecule has 0 bridgehead atoms. The molecule has 0 atom stereocenters. The monoisotopic (exact) mass is 263 g/mol. The summed E-state index contributed by atoms with van der Waals surface area (Å²) in [6, 6.07) is 8.70. The number of aliphatic imine (C=N–C) groups is 1. The van der Waals surface area contributed by atoms with Crippen LogP contribution in [0.3, 0.4) is 0 Å². The van der Waals surface area contributed by atoms with Gasteiger partial charge in [0.05, 0.1) is 13.2 Å². The number of ether oxygens (including phenoxy) is 1. The summed E-state index contributed by atoms with van der Waals surface area (Å²) in [5.41, 5.74) is 2.37. The summed E-state index contributed by atoms with van der Waals surface area (Å²) in [7, 11) is 1.71. The van der Waals surface area contributed by atoms with Crippen LogP contribution in [0.1, 0.15) is 31.9 Å². The molecule has 2 N–H and O–H groups in total. The third kappa shape index (κ3) is 6.25. The Morgan fingerprint density at radius 1 is 1.32 bits per heavy atom. The first kappa shape index (κ1) is 15.5. The smallest absolute Gasteiger partial charge is 0.191 e. The Bertz CT molecular complexity index is 402. The molecule has 4 heteroatoms. The van der Waals surface area contributed by atoms with E-state index in [-0.39, 0.29) is 0 Å². The van der Waals surface area contributed by atoms with Gasteiger partial charge in [-0.25, -0.2) is 4.99 Å². The van der Waals surface area contributed by atoms with Gasteiger partial charge in [-0.2, -0.15) is 0 Å². The second-order valence-corrected chi connectivity index (χ2v) is 4.75. The van der Waals surface area contributed by atoms with Crippen molar-refractivity contribution in [2.75, 3.05) is 13.7 Å². The standard InChI is InChI=1S/C15H25N3O/c1-5-16-15(18-12(2)3)17-10-13-7-6-8-14(9-13)11-19-4/h6-9,12H,5,10-11H2,1-4H3,(H2,16,17,18). The molecule has 0 radical (unpaired) electrons. The zero-order valence-electron chi connectivity index (χ0n) is 12.4. The molecule has 106 valence electrons. The molecular formula is C15H25N3O. The molecular weight excluding hydrogens is 238 g/mol. The van der Waals surface area contributed by atoms with Crippen molar-refractivity contribution in [1.29, 1.82) is 0 Å². The highest BCUT2D eigenvalue weighted by Crippen LogP contribution is 2.07. The highest BCUT2D eigenvalue weighted by molar-refractivity contribution is 5.79. The Hall–Kier alpha value is -1.55. The molecule has 0 heterocycles. The van der Waals surface area contributed by atoms with Crippen LogP contribution in [0, 0.1) is 0 Å². The number of hydrogen-bond acceptors (Lipinski definition) is 2. The van der Waals surface area contributed by atoms with Gasteiger partial charge >= 0.3 is 0 Å². The van der Waals surface area contributed by atoms with Gasteiger partial charge in [0, 0.05) is 19.7 Å². The number of nitrogens with zero attached hydrogens (tertiary/aromatic N) is 1. The molecule has 0 spiro atoms. The summed E-state index contributed by atoms with van der Waals surface area (Å²) < 4.78 is 5.14. The summed E-state index contributed by atoms with van der Waals surface area (Å²) in [4.78, 5) is 4.58. The van der Waals surface area contributed by atoms with Gasteiger partial charge in [-0.15, -0.1) is 0 Å². The van der Waals surface area contributed by atoms with Crippen LogP contribution in [0.4, 0.5) is 0 Å². The number of nitrogens with one attached hydrogen (secondary N) is 2. The van der Waals surface area contributed by atoms with Crippen molar-refractivity contribution in [3.05, 3.63) is 35.4 Å². The maximum absolute atomic E-state index is 5.14. The van der Waals surface area contributed by atoms with E-state index in [1.165, 1.54) is 11.1 Å². The number of guanidine groups is 1. The first-order valence-electron chi connectivity index (χ1n) is 6.77. The Kier molecular flexibility index (Phi) is 6.97. The number of benzene rings is 1. The van der Waals surface area contributed by atoms with Gasteiger partial charge in [-0.05, 0) is 31.9 Å². The molecule has 1 rings (SSSR count). The largest absolute Gasteiger partial charge is 0.380 e. The van der Waals surface area contributed by atoms with E-state index in [4.69, 9.17) is 4.74 Å². The Labute approximate surface area is 116 Å². The summed E-state index contributed by atoms with van der Waals surface area (Å²) >= 11 is 0. The summed E-state index contributed by atoms with van der Waals surface area (Å²) in [6.45, 7) is 8.44. The fourth-order valence-electron chi connectivity index (χ4n) is 1.75. The van der Waals surface area contributed by atoms with Crippen LogP contribution in [0.5, 0.6) is 0 Å². The van der Waals surface area contributed by atoms with Crippen LogP contribution in [0.25, 0.3) is 0 Å². The fraction of sp³-hybridized carbons (Fsp3) is 0.533. The quantitative estimate of drug-likeness (QED) is 0.611. The van der Waals surface area contributed by atoms with E-state index >= 15 is 0 Å². The summed E-state index contributed by atoms with van der Waals surface area (Å²) in [5.74, 6) is 0.856. The summed E-state index contributed by atoms with van der Waals surface area (Å²) in [5, 5.41) is 6.54. The van der Waals surface area contributed by atoms with Crippen molar-refractivity contribution in [2.45, 2.75) is 40.0 Å². The van der Waals surface area contributed by atoms with Crippen molar-refractivity contribution in [3.63, 3.8) is 0 Å². The SMILES string of the molecule is CCNC(=NCc1cccc(COC)c1)NC(C)C. The van der Waals surface area contributed by atoms with Crippen molar-refractivity contribution < 1.29 is 4.74 Å². The lowest BCUT2D eigenvalue weighted by Crippen LogP contribution is -2.40. The van der Waals surface area contributed by atoms with E-state index in [2.05, 4.69) is 54.6 Å². The van der Waals surface area contributed by atoms with Crippen LogP contribution < -0.4 is 10.6 Å². The van der Waals surface area contributed by atoms with E-state index in [1.807, 2.05) is 6.07 Å². The predicted octanol–water partition coefficient (Wildman–Crippen LogP) is 2.30. The number of methoxy groups -OCH3 is 1. The molecule has 0 aliphatic rings. The predicted molar refractivity (Wildman–Crippen MR) is 80.2 cm³/mol. The lowest BCUT2D eigenvalue weighted by Gasteiger charge is -2.14. The molecule has 0 unspecified atom stereocenters. The van der Waals surface area contributed by atoms with Crippen molar-refractivity contribution in [1.82, 2.24) is 10.6 Å². The summed E-state index contributed by atoms with van der Waals surface area (Å²) in [6.07, 6.45) is 0. The third-order valence-corrected chi connectivity index (χ3v) is 2.49. The minimum Gasteiger partial charge on any atom is -0.380 e. The first-order chi connectivity index (χ1) is 9.15. The second kappa shape index (κ2) is 8.53. The fourth-order valence-corrected chi connectivity index (χ4v) is 1.75. The lowest BCUT2D eigenvalue weighted by molar-refractivity contribution is 0.185. The molecule has 0 amide bonds. The zero-order chi connectivity index (χ0) is 14.1. The molecule has 4 nitrogen and oxygen atoms in total. The Balaban J connectivity index is 2.67. The number of hydrogen-bond donors (Lipinski definition) is 2. The Morgan fingerprint density at radius 2 is 2.05 bits per heavy atom. The second-order valence-electron chi connectivity index (χ2n) is 4.75. The van der Waals surface area contributed by atoms with Crippen LogP contribution in [0.15, 0.2) is 29.3 Å². The number of rotatable bonds is 6. The van der Waals surface area contributed by atoms with E-state index < -0.39 is 0 Å². The van der Waals surface area contributed by atoms with Gasteiger partial charge in [0.1, 0.15) is 0 Å². The molecule has 1 aromatic rings. The minimum atomic E-state index is 0.373. The van der Waals surface area contributed by atoms with E-state index in [9.17, 15) is 0 Å². The maximum atomic E-state index is 5.14. The average molecular weight is 263 g/mol. The molecule has 0 aromatic heterocycles. The van der Waals surface area contributed by atoms with Gasteiger partial charge in [0.2, 0.25) is 0 Å². The zero-order valence-corrected chi connectivity index (χ0v) is 12.4. The molecule has 0 saturated heterocycles. The highest BCUT2D eigenvalue weighted by atomic mass is 16.5. The van der Waals surface area contributed by atoms with Crippen LogP contribution in [0.2, 0.25) is 0 Å². The van der Waals surface area contributed by atoms with Crippen LogP contribution in [-0.4, -0.2) is 25.7 Å². The first-order valence-corrected chi connectivity index (χ1v) is 6.77. The van der Waals surface area contributed by atoms with Gasteiger partial charge in [0.25, 0.3) is 0 Å². The normalized spacial score (nSPS) is 11.7. The van der Waals surface area contributed by atoms with Gasteiger partial charge < -0.3 is 15.4 Å². The Morgan fingerprint density at radius 3 is 2.68 bits per heavy atom. The molecule has 0 aliphatic carbocycles. The van der Waals surface area contributed by atoms with Crippen molar-refractivity contribution in [2.24, 2.45) is 4.99 Å². The molecule has 1 aromatic carbocycles. The molecule has 0 aliphatic heterocycles. The molecule has 0 fully saturated rings. The highest BCUT2D eigenvalue weighted by Gasteiger charge is 2.00. The van der Waals surface area contributed by atoms with Crippen LogP contribution in [-0.2, 0) is 17.9 Å². The van der Waals surface area contributed by atoms with E-state index in [1.54, 1.807) is 7.11 Å². The minimum absolute atomic E-state index is 0.373. The van der Waals surface area contributed by atoms with Crippen molar-refractivity contribution in [3.8, 4) is 0 Å². The average Bonchev–Trinajstić information content (AvgIpc) is 2.36. The van der Waals surface area contributed by atoms with Crippen molar-refractivity contribution >= 4 is 5.96 Å². The van der Waals surface area contributed by atoms with E-state index in [0.29, 0.717) is 19.2 Å². The van der Waals surface area contributed by atoms with Gasteiger partial charge in [-0.1, -0.05) is 24.3 Å². The third-order valence-electron chi connectivity index (χ3n) is 2.49. The van der Waals surface area contributed by atoms with Gasteiger partial charge in [-0.3, -0.25) is 0 Å². The van der Waals surface area contributed by atoms with Crippen LogP contribution >= 0.6 is 0 Å². The molecule has 0 saturated carbocycles.